The highest BCUT2D eigenvalue weighted by Gasteiger charge is 2.15. The number of rotatable bonds is 9. The number of benzene rings is 1. The Kier molecular flexibility index (Phi) is 7.79. The third-order valence-electron chi connectivity index (χ3n) is 4.30. The second-order valence-corrected chi connectivity index (χ2v) is 7.82. The largest absolute Gasteiger partial charge is 0.493 e. The van der Waals surface area contributed by atoms with Crippen LogP contribution in [-0.2, 0) is 11.3 Å². The zero-order valence-electron chi connectivity index (χ0n) is 17.1. The number of carbonyl (C=O) groups excluding carboxylic acids is 2. The van der Waals surface area contributed by atoms with Gasteiger partial charge in [0.15, 0.2) is 22.1 Å². The van der Waals surface area contributed by atoms with E-state index in [0.29, 0.717) is 34.3 Å². The number of carbonyl (C=O) groups is 2. The first-order chi connectivity index (χ1) is 15.0. The molecule has 164 valence electrons. The molecular formula is C20H23N5O4S2. The maximum atomic E-state index is 12.4. The van der Waals surface area contributed by atoms with Crippen molar-refractivity contribution in [3.8, 4) is 22.2 Å². The standard InChI is InChI=1S/C20H23N5O4S2/c1-3-4-9-29-14-8-7-13(11-15(14)28-2)19(27)23-21-17(26)12-25-18(22-24-20(25)30)16-6-5-10-31-16/h5-8,10-11H,3-4,9,12H2,1-2H3,(H,21,26)(H,23,27)(H,24,30). The third-order valence-corrected chi connectivity index (χ3v) is 5.48. The molecule has 0 aliphatic heterocycles. The van der Waals surface area contributed by atoms with Crippen LogP contribution in [0.3, 0.4) is 0 Å². The van der Waals surface area contributed by atoms with E-state index in [4.69, 9.17) is 21.7 Å². The number of hydrogen-bond acceptors (Lipinski definition) is 7. The fourth-order valence-corrected chi connectivity index (χ4v) is 3.61. The second-order valence-electron chi connectivity index (χ2n) is 6.49. The van der Waals surface area contributed by atoms with Crippen LogP contribution < -0.4 is 20.3 Å². The number of hydrazine groups is 1. The van der Waals surface area contributed by atoms with Gasteiger partial charge >= 0.3 is 0 Å². The molecule has 0 unspecified atom stereocenters. The van der Waals surface area contributed by atoms with Gasteiger partial charge in [-0.1, -0.05) is 19.4 Å². The Balaban J connectivity index is 1.60. The van der Waals surface area contributed by atoms with Gasteiger partial charge in [-0.05, 0) is 48.3 Å². The van der Waals surface area contributed by atoms with E-state index in [2.05, 4.69) is 28.0 Å². The third kappa shape index (κ3) is 5.70. The minimum Gasteiger partial charge on any atom is -0.493 e. The van der Waals surface area contributed by atoms with Crippen LogP contribution in [0.4, 0.5) is 0 Å². The summed E-state index contributed by atoms with van der Waals surface area (Å²) in [6.07, 6.45) is 1.94. The molecule has 2 aromatic heterocycles. The molecule has 2 amide bonds. The maximum absolute atomic E-state index is 12.4. The molecule has 0 aliphatic carbocycles. The van der Waals surface area contributed by atoms with Gasteiger partial charge in [0, 0.05) is 5.56 Å². The Hall–Kier alpha value is -3.18. The zero-order valence-corrected chi connectivity index (χ0v) is 18.8. The summed E-state index contributed by atoms with van der Waals surface area (Å²) >= 11 is 6.70. The lowest BCUT2D eigenvalue weighted by Gasteiger charge is -2.12. The van der Waals surface area contributed by atoms with Crippen LogP contribution in [0.25, 0.3) is 10.7 Å². The molecule has 0 spiro atoms. The number of aromatic amines is 1. The van der Waals surface area contributed by atoms with Crippen molar-refractivity contribution in [2.75, 3.05) is 13.7 Å². The molecule has 0 atom stereocenters. The van der Waals surface area contributed by atoms with E-state index < -0.39 is 11.8 Å². The summed E-state index contributed by atoms with van der Waals surface area (Å²) < 4.78 is 12.9. The average Bonchev–Trinajstić information content (AvgIpc) is 3.42. The highest BCUT2D eigenvalue weighted by molar-refractivity contribution is 7.71. The normalized spacial score (nSPS) is 10.5. The van der Waals surface area contributed by atoms with Crippen molar-refractivity contribution in [1.82, 2.24) is 25.6 Å². The summed E-state index contributed by atoms with van der Waals surface area (Å²) in [6, 6.07) is 8.60. The Labute approximate surface area is 188 Å². The number of hydrogen-bond donors (Lipinski definition) is 3. The van der Waals surface area contributed by atoms with Gasteiger partial charge in [-0.2, -0.15) is 5.10 Å². The van der Waals surface area contributed by atoms with E-state index in [-0.39, 0.29) is 6.54 Å². The Bertz CT molecular complexity index is 1090. The van der Waals surface area contributed by atoms with Crippen molar-refractivity contribution >= 4 is 35.4 Å². The van der Waals surface area contributed by atoms with Crippen molar-refractivity contribution in [1.29, 1.82) is 0 Å². The highest BCUT2D eigenvalue weighted by atomic mass is 32.1. The molecular weight excluding hydrogens is 438 g/mol. The van der Waals surface area contributed by atoms with Crippen LogP contribution in [0.1, 0.15) is 30.1 Å². The minimum atomic E-state index is -0.485. The van der Waals surface area contributed by atoms with E-state index >= 15 is 0 Å². The molecule has 0 aliphatic rings. The van der Waals surface area contributed by atoms with Crippen LogP contribution in [0, 0.1) is 4.77 Å². The number of H-pyrrole nitrogens is 1. The number of thiophene rings is 1. The number of nitrogens with zero attached hydrogens (tertiary/aromatic N) is 2. The monoisotopic (exact) mass is 461 g/mol. The summed E-state index contributed by atoms with van der Waals surface area (Å²) in [4.78, 5) is 25.7. The molecule has 3 aromatic rings. The van der Waals surface area contributed by atoms with Gasteiger partial charge in [0.1, 0.15) is 6.54 Å². The van der Waals surface area contributed by atoms with Crippen molar-refractivity contribution in [3.63, 3.8) is 0 Å². The molecule has 0 fully saturated rings. The van der Waals surface area contributed by atoms with E-state index in [9.17, 15) is 9.59 Å². The van der Waals surface area contributed by atoms with Crippen LogP contribution in [0.5, 0.6) is 11.5 Å². The molecule has 3 rings (SSSR count). The number of nitrogens with one attached hydrogen (secondary N) is 3. The lowest BCUT2D eigenvalue weighted by Crippen LogP contribution is -2.43. The summed E-state index contributed by atoms with van der Waals surface area (Å²) in [5.74, 6) is 0.633. The summed E-state index contributed by atoms with van der Waals surface area (Å²) in [7, 11) is 1.51. The molecule has 2 heterocycles. The summed E-state index contributed by atoms with van der Waals surface area (Å²) in [6.45, 7) is 2.54. The first kappa shape index (κ1) is 22.5. The Morgan fingerprint density at radius 1 is 1.26 bits per heavy atom. The predicted octanol–water partition coefficient (Wildman–Crippen LogP) is 3.32. The van der Waals surface area contributed by atoms with Crippen LogP contribution in [0.2, 0.25) is 0 Å². The van der Waals surface area contributed by atoms with E-state index in [1.807, 2.05) is 17.5 Å². The van der Waals surface area contributed by atoms with Crippen LogP contribution in [0.15, 0.2) is 35.7 Å². The number of ether oxygens (including phenoxy) is 2. The lowest BCUT2D eigenvalue weighted by molar-refractivity contribution is -0.122. The molecule has 9 nitrogen and oxygen atoms in total. The van der Waals surface area contributed by atoms with Crippen molar-refractivity contribution < 1.29 is 19.1 Å². The average molecular weight is 462 g/mol. The summed E-state index contributed by atoms with van der Waals surface area (Å²) in [5.41, 5.74) is 5.11. The van der Waals surface area contributed by atoms with Gasteiger partial charge in [-0.25, -0.2) is 0 Å². The number of amides is 2. The van der Waals surface area contributed by atoms with Gasteiger partial charge in [0.25, 0.3) is 11.8 Å². The number of aromatic nitrogens is 3. The molecule has 31 heavy (non-hydrogen) atoms. The molecule has 0 bridgehead atoms. The van der Waals surface area contributed by atoms with E-state index in [0.717, 1.165) is 17.7 Å². The number of methoxy groups -OCH3 is 1. The summed E-state index contributed by atoms with van der Waals surface area (Å²) in [5, 5.41) is 8.77. The molecule has 1 aromatic carbocycles. The highest BCUT2D eigenvalue weighted by Crippen LogP contribution is 2.28. The molecule has 11 heteroatoms. The van der Waals surface area contributed by atoms with Gasteiger partial charge in [-0.15, -0.1) is 11.3 Å². The zero-order chi connectivity index (χ0) is 22.2. The molecule has 0 saturated carbocycles. The first-order valence-corrected chi connectivity index (χ1v) is 10.9. The molecule has 0 saturated heterocycles. The van der Waals surface area contributed by atoms with Gasteiger partial charge in [-0.3, -0.25) is 30.1 Å². The minimum absolute atomic E-state index is 0.101. The van der Waals surface area contributed by atoms with Crippen molar-refractivity contribution in [2.24, 2.45) is 0 Å². The second kappa shape index (κ2) is 10.7. The fourth-order valence-electron chi connectivity index (χ4n) is 2.69. The number of unbranched alkanes of at least 4 members (excludes halogenated alkanes) is 1. The molecule has 0 radical (unpaired) electrons. The Morgan fingerprint density at radius 3 is 2.81 bits per heavy atom. The topological polar surface area (TPSA) is 110 Å². The predicted molar refractivity (Wildman–Crippen MR) is 120 cm³/mol. The van der Waals surface area contributed by atoms with Crippen LogP contribution >= 0.6 is 23.6 Å². The Morgan fingerprint density at radius 2 is 2.10 bits per heavy atom. The van der Waals surface area contributed by atoms with E-state index in [1.165, 1.54) is 18.4 Å². The van der Waals surface area contributed by atoms with Crippen LogP contribution in [-0.4, -0.2) is 40.3 Å². The lowest BCUT2D eigenvalue weighted by atomic mass is 10.2. The maximum Gasteiger partial charge on any atom is 0.269 e. The fraction of sp³-hybridized carbons (Fsp3) is 0.300. The quantitative estimate of drug-likeness (QED) is 0.256. The van der Waals surface area contributed by atoms with E-state index in [1.54, 1.807) is 22.8 Å². The first-order valence-electron chi connectivity index (χ1n) is 9.62. The van der Waals surface area contributed by atoms with Gasteiger partial charge in [0.05, 0.1) is 18.6 Å². The van der Waals surface area contributed by atoms with Crippen molar-refractivity contribution in [3.05, 3.63) is 46.0 Å². The van der Waals surface area contributed by atoms with Gasteiger partial charge in [0.2, 0.25) is 0 Å². The van der Waals surface area contributed by atoms with Crippen molar-refractivity contribution in [2.45, 2.75) is 26.3 Å². The SMILES string of the molecule is CCCCOc1ccc(C(=O)NNC(=O)Cn2c(-c3cccs3)n[nH]c2=S)cc1OC. The smallest absolute Gasteiger partial charge is 0.269 e. The van der Waals surface area contributed by atoms with Gasteiger partial charge < -0.3 is 9.47 Å². The molecule has 3 N–H and O–H groups in total.